The Hall–Kier alpha value is -3.83. The lowest BCUT2D eigenvalue weighted by atomic mass is 10.0. The molecular formula is C21H16N4O. The molecule has 3 aromatic rings. The number of nitriles is 2. The van der Waals surface area contributed by atoms with E-state index in [1.54, 1.807) is 24.4 Å². The van der Waals surface area contributed by atoms with Crippen molar-refractivity contribution in [2.24, 2.45) is 5.73 Å². The van der Waals surface area contributed by atoms with Gasteiger partial charge in [-0.15, -0.1) is 0 Å². The van der Waals surface area contributed by atoms with Crippen LogP contribution >= 0.6 is 0 Å². The van der Waals surface area contributed by atoms with Gasteiger partial charge in [-0.3, -0.25) is 4.79 Å². The van der Waals surface area contributed by atoms with Crippen LogP contribution < -0.4 is 5.73 Å². The van der Waals surface area contributed by atoms with Crippen LogP contribution in [0.25, 0.3) is 0 Å². The molecular weight excluding hydrogens is 324 g/mol. The Labute approximate surface area is 151 Å². The quantitative estimate of drug-likeness (QED) is 0.773. The SMILES string of the molecule is N#Cc1ccc(Cc2cn(Cc3cccc(C#N)c3)cc2C(N)=O)cc1. The lowest BCUT2D eigenvalue weighted by Crippen LogP contribution is -2.12. The number of hydrogen-bond acceptors (Lipinski definition) is 3. The number of amides is 1. The van der Waals surface area contributed by atoms with Crippen LogP contribution in [0.4, 0.5) is 0 Å². The summed E-state index contributed by atoms with van der Waals surface area (Å²) >= 11 is 0. The standard InChI is InChI=1S/C21H16N4O/c22-10-16-6-4-15(5-7-16)9-19-13-25(14-20(19)21(24)26)12-18-3-1-2-17(8-18)11-23/h1-8,13-14H,9,12H2,(H2,24,26). The molecule has 26 heavy (non-hydrogen) atoms. The number of carbonyl (C=O) groups excluding carboxylic acids is 1. The van der Waals surface area contributed by atoms with Crippen LogP contribution in [0.2, 0.25) is 0 Å². The van der Waals surface area contributed by atoms with Gasteiger partial charge in [0, 0.05) is 18.9 Å². The summed E-state index contributed by atoms with van der Waals surface area (Å²) in [5.41, 5.74) is 10.0. The van der Waals surface area contributed by atoms with Crippen molar-refractivity contribution in [3.63, 3.8) is 0 Å². The fraction of sp³-hybridized carbons (Fsp3) is 0.0952. The van der Waals surface area contributed by atoms with Gasteiger partial charge in [0.2, 0.25) is 0 Å². The molecule has 0 aliphatic heterocycles. The molecule has 126 valence electrons. The van der Waals surface area contributed by atoms with E-state index in [-0.39, 0.29) is 0 Å². The van der Waals surface area contributed by atoms with E-state index < -0.39 is 5.91 Å². The second kappa shape index (κ2) is 7.38. The average molecular weight is 340 g/mol. The van der Waals surface area contributed by atoms with Crippen LogP contribution in [-0.2, 0) is 13.0 Å². The zero-order chi connectivity index (χ0) is 18.5. The second-order valence-electron chi connectivity index (χ2n) is 6.03. The van der Waals surface area contributed by atoms with Gasteiger partial charge in [-0.25, -0.2) is 0 Å². The van der Waals surface area contributed by atoms with Crippen LogP contribution in [0.15, 0.2) is 60.9 Å². The van der Waals surface area contributed by atoms with Crippen LogP contribution in [0.5, 0.6) is 0 Å². The molecule has 0 bridgehead atoms. The minimum atomic E-state index is -0.474. The lowest BCUT2D eigenvalue weighted by molar-refractivity contribution is 0.0999. The van der Waals surface area contributed by atoms with E-state index in [1.807, 2.05) is 41.1 Å². The maximum atomic E-state index is 11.8. The molecule has 1 amide bonds. The van der Waals surface area contributed by atoms with Gasteiger partial charge >= 0.3 is 0 Å². The largest absolute Gasteiger partial charge is 0.366 e. The third kappa shape index (κ3) is 3.80. The zero-order valence-corrected chi connectivity index (χ0v) is 14.0. The number of nitrogens with two attached hydrogens (primary N) is 1. The van der Waals surface area contributed by atoms with Crippen molar-refractivity contribution in [3.8, 4) is 12.1 Å². The van der Waals surface area contributed by atoms with Crippen molar-refractivity contribution >= 4 is 5.91 Å². The van der Waals surface area contributed by atoms with Crippen molar-refractivity contribution < 1.29 is 4.79 Å². The maximum absolute atomic E-state index is 11.8. The zero-order valence-electron chi connectivity index (χ0n) is 14.0. The molecule has 2 aromatic carbocycles. The molecule has 5 heteroatoms. The minimum absolute atomic E-state index is 0.474. The highest BCUT2D eigenvalue weighted by molar-refractivity contribution is 5.94. The third-order valence-electron chi connectivity index (χ3n) is 4.13. The molecule has 0 atom stereocenters. The van der Waals surface area contributed by atoms with Crippen molar-refractivity contribution in [2.45, 2.75) is 13.0 Å². The van der Waals surface area contributed by atoms with Gasteiger partial charge < -0.3 is 10.3 Å². The fourth-order valence-electron chi connectivity index (χ4n) is 2.88. The van der Waals surface area contributed by atoms with Gasteiger partial charge in [-0.1, -0.05) is 24.3 Å². The fourth-order valence-corrected chi connectivity index (χ4v) is 2.88. The highest BCUT2D eigenvalue weighted by Gasteiger charge is 2.13. The first-order valence-electron chi connectivity index (χ1n) is 8.05. The Morgan fingerprint density at radius 3 is 2.35 bits per heavy atom. The third-order valence-corrected chi connectivity index (χ3v) is 4.13. The molecule has 2 N–H and O–H groups in total. The summed E-state index contributed by atoms with van der Waals surface area (Å²) in [6.45, 7) is 0.545. The Morgan fingerprint density at radius 2 is 1.69 bits per heavy atom. The second-order valence-corrected chi connectivity index (χ2v) is 6.03. The van der Waals surface area contributed by atoms with Crippen LogP contribution in [0, 0.1) is 22.7 Å². The number of rotatable bonds is 5. The van der Waals surface area contributed by atoms with E-state index in [0.29, 0.717) is 29.7 Å². The number of aromatic nitrogens is 1. The van der Waals surface area contributed by atoms with E-state index in [1.165, 1.54) is 0 Å². The van der Waals surface area contributed by atoms with Gasteiger partial charge in [-0.05, 0) is 47.4 Å². The molecule has 1 heterocycles. The monoisotopic (exact) mass is 340 g/mol. The molecule has 0 aliphatic rings. The van der Waals surface area contributed by atoms with Gasteiger partial charge in [0.25, 0.3) is 5.91 Å². The van der Waals surface area contributed by atoms with Gasteiger partial charge in [0.15, 0.2) is 0 Å². The Balaban J connectivity index is 1.87. The molecule has 0 spiro atoms. The first-order valence-corrected chi connectivity index (χ1v) is 8.05. The highest BCUT2D eigenvalue weighted by atomic mass is 16.1. The molecule has 1 aromatic heterocycles. The van der Waals surface area contributed by atoms with E-state index in [0.717, 1.165) is 16.7 Å². The normalized spacial score (nSPS) is 10.1. The predicted octanol–water partition coefficient (Wildman–Crippen LogP) is 2.97. The van der Waals surface area contributed by atoms with Gasteiger partial charge in [-0.2, -0.15) is 10.5 Å². The van der Waals surface area contributed by atoms with E-state index >= 15 is 0 Å². The van der Waals surface area contributed by atoms with Crippen molar-refractivity contribution in [1.29, 1.82) is 10.5 Å². The van der Waals surface area contributed by atoms with Gasteiger partial charge in [0.1, 0.15) is 0 Å². The van der Waals surface area contributed by atoms with E-state index in [2.05, 4.69) is 12.1 Å². The lowest BCUT2D eigenvalue weighted by Gasteiger charge is -2.03. The minimum Gasteiger partial charge on any atom is -0.366 e. The Morgan fingerprint density at radius 1 is 0.962 bits per heavy atom. The Kier molecular flexibility index (Phi) is 4.83. The summed E-state index contributed by atoms with van der Waals surface area (Å²) in [5, 5.41) is 17.9. The topological polar surface area (TPSA) is 95.6 Å². The summed E-state index contributed by atoms with van der Waals surface area (Å²) in [6.07, 6.45) is 4.19. The van der Waals surface area contributed by atoms with Crippen LogP contribution in [0.1, 0.15) is 38.2 Å². The number of carbonyl (C=O) groups is 1. The van der Waals surface area contributed by atoms with Crippen molar-refractivity contribution in [3.05, 3.63) is 94.3 Å². The number of nitrogens with zero attached hydrogens (tertiary/aromatic N) is 3. The number of benzene rings is 2. The molecule has 0 saturated carbocycles. The average Bonchev–Trinajstić information content (AvgIpc) is 3.05. The highest BCUT2D eigenvalue weighted by Crippen LogP contribution is 2.18. The van der Waals surface area contributed by atoms with E-state index in [9.17, 15) is 4.79 Å². The van der Waals surface area contributed by atoms with Crippen molar-refractivity contribution in [1.82, 2.24) is 4.57 Å². The summed E-state index contributed by atoms with van der Waals surface area (Å²) in [7, 11) is 0. The van der Waals surface area contributed by atoms with Gasteiger partial charge in [0.05, 0.1) is 28.8 Å². The summed E-state index contributed by atoms with van der Waals surface area (Å²) in [4.78, 5) is 11.8. The van der Waals surface area contributed by atoms with Crippen LogP contribution in [-0.4, -0.2) is 10.5 Å². The molecule has 0 unspecified atom stereocenters. The smallest absolute Gasteiger partial charge is 0.250 e. The maximum Gasteiger partial charge on any atom is 0.250 e. The number of primary amides is 1. The molecule has 0 radical (unpaired) electrons. The molecule has 5 nitrogen and oxygen atoms in total. The summed E-state index contributed by atoms with van der Waals surface area (Å²) in [5.74, 6) is -0.474. The summed E-state index contributed by atoms with van der Waals surface area (Å²) in [6, 6.07) is 18.8. The first-order chi connectivity index (χ1) is 12.6. The van der Waals surface area contributed by atoms with Crippen molar-refractivity contribution in [2.75, 3.05) is 0 Å². The summed E-state index contributed by atoms with van der Waals surface area (Å²) < 4.78 is 1.90. The molecule has 3 rings (SSSR count). The predicted molar refractivity (Wildman–Crippen MR) is 97.2 cm³/mol. The number of hydrogen-bond donors (Lipinski definition) is 1. The molecule has 0 fully saturated rings. The Bertz CT molecular complexity index is 1030. The molecule has 0 aliphatic carbocycles. The molecule has 0 saturated heterocycles. The van der Waals surface area contributed by atoms with Crippen LogP contribution in [0.3, 0.4) is 0 Å². The van der Waals surface area contributed by atoms with E-state index in [4.69, 9.17) is 16.3 Å². The first kappa shape index (κ1) is 17.0.